The Kier molecular flexibility index (Phi) is 3.07. The van der Waals surface area contributed by atoms with Gasteiger partial charge in [-0.15, -0.1) is 0 Å². The highest BCUT2D eigenvalue weighted by Gasteiger charge is 2.35. The standard InChI is InChI=1S/C8H2BrClF3N/c9-5-1-4(3-14)2-6(10)7(5)8(11,12)13/h1-2H. The third-order valence-corrected chi connectivity index (χ3v) is 2.38. The van der Waals surface area contributed by atoms with Crippen LogP contribution in [0.2, 0.25) is 5.02 Å². The van der Waals surface area contributed by atoms with Gasteiger partial charge in [0.15, 0.2) is 0 Å². The first-order valence-corrected chi connectivity index (χ1v) is 4.49. The Morgan fingerprint density at radius 3 is 2.29 bits per heavy atom. The van der Waals surface area contributed by atoms with Crippen LogP contribution in [0, 0.1) is 11.3 Å². The van der Waals surface area contributed by atoms with E-state index in [2.05, 4.69) is 15.9 Å². The predicted molar refractivity (Wildman–Crippen MR) is 48.9 cm³/mol. The molecule has 0 heterocycles. The van der Waals surface area contributed by atoms with Crippen LogP contribution in [0.15, 0.2) is 16.6 Å². The summed E-state index contributed by atoms with van der Waals surface area (Å²) in [5.41, 5.74) is -0.881. The van der Waals surface area contributed by atoms with Crippen LogP contribution in [0.3, 0.4) is 0 Å². The second-order valence-electron chi connectivity index (χ2n) is 2.42. The normalized spacial score (nSPS) is 11.1. The highest BCUT2D eigenvalue weighted by atomic mass is 79.9. The van der Waals surface area contributed by atoms with Gasteiger partial charge in [-0.1, -0.05) is 27.5 Å². The van der Waals surface area contributed by atoms with E-state index in [9.17, 15) is 13.2 Å². The average molecular weight is 284 g/mol. The van der Waals surface area contributed by atoms with Gasteiger partial charge < -0.3 is 0 Å². The molecule has 0 saturated carbocycles. The molecule has 0 aliphatic carbocycles. The molecule has 1 aromatic carbocycles. The molecule has 14 heavy (non-hydrogen) atoms. The van der Waals surface area contributed by atoms with E-state index >= 15 is 0 Å². The van der Waals surface area contributed by atoms with Crippen molar-refractivity contribution in [1.82, 2.24) is 0 Å². The van der Waals surface area contributed by atoms with Crippen molar-refractivity contribution < 1.29 is 13.2 Å². The summed E-state index contributed by atoms with van der Waals surface area (Å²) in [6.07, 6.45) is -4.52. The van der Waals surface area contributed by atoms with E-state index in [1.54, 1.807) is 6.07 Å². The van der Waals surface area contributed by atoms with E-state index < -0.39 is 16.8 Å². The summed E-state index contributed by atoms with van der Waals surface area (Å²) in [5, 5.41) is 7.99. The van der Waals surface area contributed by atoms with E-state index in [0.717, 1.165) is 12.1 Å². The van der Waals surface area contributed by atoms with Gasteiger partial charge in [-0.25, -0.2) is 0 Å². The number of alkyl halides is 3. The van der Waals surface area contributed by atoms with Crippen LogP contribution >= 0.6 is 27.5 Å². The van der Waals surface area contributed by atoms with Gasteiger partial charge in [0.1, 0.15) is 0 Å². The molecule has 0 bridgehead atoms. The Labute approximate surface area is 91.2 Å². The maximum absolute atomic E-state index is 12.3. The van der Waals surface area contributed by atoms with Gasteiger partial charge in [-0.3, -0.25) is 0 Å². The molecule has 0 fully saturated rings. The second-order valence-corrected chi connectivity index (χ2v) is 3.69. The smallest absolute Gasteiger partial charge is 0.192 e. The summed E-state index contributed by atoms with van der Waals surface area (Å²) in [7, 11) is 0. The number of rotatable bonds is 0. The number of halogens is 5. The van der Waals surface area contributed by atoms with Crippen molar-refractivity contribution in [3.05, 3.63) is 32.8 Å². The number of benzene rings is 1. The minimum atomic E-state index is -4.52. The maximum atomic E-state index is 12.3. The van der Waals surface area contributed by atoms with Crippen LogP contribution in [0.1, 0.15) is 11.1 Å². The Balaban J connectivity index is 3.42. The fourth-order valence-corrected chi connectivity index (χ4v) is 2.03. The van der Waals surface area contributed by atoms with Crippen LogP contribution in [-0.4, -0.2) is 0 Å². The Bertz CT molecular complexity index is 385. The van der Waals surface area contributed by atoms with Crippen molar-refractivity contribution in [3.8, 4) is 6.07 Å². The van der Waals surface area contributed by atoms with E-state index in [1.165, 1.54) is 0 Å². The lowest BCUT2D eigenvalue weighted by molar-refractivity contribution is -0.138. The van der Waals surface area contributed by atoms with Gasteiger partial charge in [0, 0.05) is 4.47 Å². The highest BCUT2D eigenvalue weighted by molar-refractivity contribution is 9.10. The van der Waals surface area contributed by atoms with Crippen molar-refractivity contribution >= 4 is 27.5 Å². The summed E-state index contributed by atoms with van der Waals surface area (Å²) in [5.74, 6) is 0. The molecule has 0 aliphatic rings. The highest BCUT2D eigenvalue weighted by Crippen LogP contribution is 2.40. The molecule has 1 aromatic rings. The molecule has 0 radical (unpaired) electrons. The first-order valence-electron chi connectivity index (χ1n) is 3.32. The van der Waals surface area contributed by atoms with Gasteiger partial charge >= 0.3 is 6.18 Å². The SMILES string of the molecule is N#Cc1cc(Cl)c(C(F)(F)F)c(Br)c1. The zero-order valence-corrected chi connectivity index (χ0v) is 8.83. The number of hydrogen-bond acceptors (Lipinski definition) is 1. The first-order chi connectivity index (χ1) is 6.36. The summed E-state index contributed by atoms with van der Waals surface area (Å²) in [6, 6.07) is 3.76. The minimum Gasteiger partial charge on any atom is -0.192 e. The molecule has 6 heteroatoms. The van der Waals surface area contributed by atoms with Crippen LogP contribution < -0.4 is 0 Å². The van der Waals surface area contributed by atoms with Gasteiger partial charge in [-0.2, -0.15) is 18.4 Å². The Morgan fingerprint density at radius 1 is 1.36 bits per heavy atom. The molecule has 0 aliphatic heterocycles. The molecule has 0 saturated heterocycles. The van der Waals surface area contributed by atoms with Crippen LogP contribution in [0.4, 0.5) is 13.2 Å². The van der Waals surface area contributed by atoms with E-state index in [0.29, 0.717) is 0 Å². The molecule has 0 aromatic heterocycles. The van der Waals surface area contributed by atoms with Crippen molar-refractivity contribution in [2.75, 3.05) is 0 Å². The Morgan fingerprint density at radius 2 is 1.93 bits per heavy atom. The number of hydrogen-bond donors (Lipinski definition) is 0. The zero-order chi connectivity index (χ0) is 10.9. The molecular weight excluding hydrogens is 282 g/mol. The fraction of sp³-hybridized carbons (Fsp3) is 0.125. The Hall–Kier alpha value is -0.730. The fourth-order valence-electron chi connectivity index (χ4n) is 0.908. The van der Waals surface area contributed by atoms with Crippen LogP contribution in [0.5, 0.6) is 0 Å². The minimum absolute atomic E-state index is 0.0786. The molecular formula is C8H2BrClF3N. The van der Waals surface area contributed by atoms with E-state index in [-0.39, 0.29) is 10.0 Å². The number of nitrogens with zero attached hydrogens (tertiary/aromatic N) is 1. The van der Waals surface area contributed by atoms with Crippen molar-refractivity contribution in [1.29, 1.82) is 5.26 Å². The molecule has 0 atom stereocenters. The molecule has 1 nitrogen and oxygen atoms in total. The van der Waals surface area contributed by atoms with Gasteiger partial charge in [0.25, 0.3) is 0 Å². The van der Waals surface area contributed by atoms with Gasteiger partial charge in [0.05, 0.1) is 22.2 Å². The molecule has 74 valence electrons. The maximum Gasteiger partial charge on any atom is 0.418 e. The van der Waals surface area contributed by atoms with Crippen molar-refractivity contribution in [3.63, 3.8) is 0 Å². The van der Waals surface area contributed by atoms with E-state index in [1.807, 2.05) is 0 Å². The number of nitriles is 1. The largest absolute Gasteiger partial charge is 0.418 e. The topological polar surface area (TPSA) is 23.8 Å². The second kappa shape index (κ2) is 3.79. The van der Waals surface area contributed by atoms with Crippen molar-refractivity contribution in [2.24, 2.45) is 0 Å². The van der Waals surface area contributed by atoms with Crippen molar-refractivity contribution in [2.45, 2.75) is 6.18 Å². The van der Waals surface area contributed by atoms with Crippen LogP contribution in [0.25, 0.3) is 0 Å². The molecule has 1 rings (SSSR count). The molecule has 0 spiro atoms. The van der Waals surface area contributed by atoms with Gasteiger partial charge in [-0.05, 0) is 12.1 Å². The first kappa shape index (κ1) is 11.3. The summed E-state index contributed by atoms with van der Waals surface area (Å²) in [4.78, 5) is 0. The third-order valence-electron chi connectivity index (χ3n) is 1.45. The van der Waals surface area contributed by atoms with Crippen LogP contribution in [-0.2, 0) is 6.18 Å². The molecule has 0 unspecified atom stereocenters. The average Bonchev–Trinajstić information content (AvgIpc) is 1.99. The summed E-state index contributed by atoms with van der Waals surface area (Å²) >= 11 is 8.12. The molecule has 0 amide bonds. The lowest BCUT2D eigenvalue weighted by atomic mass is 10.1. The lowest BCUT2D eigenvalue weighted by Crippen LogP contribution is -2.07. The summed E-state index contributed by atoms with van der Waals surface area (Å²) in [6.45, 7) is 0. The predicted octanol–water partition coefficient (Wildman–Crippen LogP) is 3.99. The zero-order valence-electron chi connectivity index (χ0n) is 6.49. The third kappa shape index (κ3) is 2.20. The molecule has 0 N–H and O–H groups in total. The van der Waals surface area contributed by atoms with Gasteiger partial charge in [0.2, 0.25) is 0 Å². The van der Waals surface area contributed by atoms with E-state index in [4.69, 9.17) is 16.9 Å². The quantitative estimate of drug-likeness (QED) is 0.706. The lowest BCUT2D eigenvalue weighted by Gasteiger charge is -2.10. The monoisotopic (exact) mass is 283 g/mol. The summed E-state index contributed by atoms with van der Waals surface area (Å²) < 4.78 is 36.8.